The van der Waals surface area contributed by atoms with Crippen molar-refractivity contribution in [3.8, 4) is 0 Å². The fourth-order valence-corrected chi connectivity index (χ4v) is 4.06. The minimum Gasteiger partial charge on any atom is -0.388 e. The first-order valence-corrected chi connectivity index (χ1v) is 9.50. The van der Waals surface area contributed by atoms with Crippen molar-refractivity contribution >= 4 is 26.0 Å². The first-order chi connectivity index (χ1) is 9.79. The molecule has 2 unspecified atom stereocenters. The van der Waals surface area contributed by atoms with E-state index in [2.05, 4.69) is 15.9 Å². The Labute approximate surface area is 133 Å². The highest BCUT2D eigenvalue weighted by Gasteiger charge is 2.28. The SMILES string of the molecule is CS(=O)(=O)N1CCCC(CC(O)c2cccc(Br)c2F)C1. The molecule has 4 nitrogen and oxygen atoms in total. The van der Waals surface area contributed by atoms with E-state index in [4.69, 9.17) is 0 Å². The van der Waals surface area contributed by atoms with Crippen LogP contribution < -0.4 is 0 Å². The predicted octanol–water partition coefficient (Wildman–Crippen LogP) is 2.68. The molecule has 1 N–H and O–H groups in total. The summed E-state index contributed by atoms with van der Waals surface area (Å²) in [5.41, 5.74) is 0.251. The average Bonchev–Trinajstić information content (AvgIpc) is 2.41. The van der Waals surface area contributed by atoms with Crippen LogP contribution in [0.2, 0.25) is 0 Å². The molecule has 1 heterocycles. The van der Waals surface area contributed by atoms with E-state index in [1.165, 1.54) is 10.6 Å². The second-order valence-electron chi connectivity index (χ2n) is 5.52. The molecule has 1 fully saturated rings. The molecule has 7 heteroatoms. The van der Waals surface area contributed by atoms with Crippen LogP contribution in [-0.2, 0) is 10.0 Å². The highest BCUT2D eigenvalue weighted by molar-refractivity contribution is 9.10. The predicted molar refractivity (Wildman–Crippen MR) is 82.8 cm³/mol. The number of rotatable bonds is 4. The molecule has 0 aromatic heterocycles. The van der Waals surface area contributed by atoms with E-state index in [0.717, 1.165) is 12.8 Å². The summed E-state index contributed by atoms with van der Waals surface area (Å²) in [6.45, 7) is 0.919. The number of sulfonamides is 1. The number of nitrogens with zero attached hydrogens (tertiary/aromatic N) is 1. The van der Waals surface area contributed by atoms with Crippen LogP contribution in [0.3, 0.4) is 0 Å². The molecule has 2 atom stereocenters. The molecule has 1 saturated heterocycles. The van der Waals surface area contributed by atoms with Gasteiger partial charge in [-0.05, 0) is 47.2 Å². The zero-order valence-corrected chi connectivity index (χ0v) is 14.2. The van der Waals surface area contributed by atoms with Gasteiger partial charge in [-0.3, -0.25) is 0 Å². The Balaban J connectivity index is 2.06. The summed E-state index contributed by atoms with van der Waals surface area (Å²) in [5, 5.41) is 10.2. The van der Waals surface area contributed by atoms with Crippen LogP contribution in [0.1, 0.15) is 30.9 Å². The highest BCUT2D eigenvalue weighted by Crippen LogP contribution is 2.31. The van der Waals surface area contributed by atoms with Crippen molar-refractivity contribution in [2.75, 3.05) is 19.3 Å². The molecular weight excluding hydrogens is 361 g/mol. The maximum Gasteiger partial charge on any atom is 0.211 e. The van der Waals surface area contributed by atoms with E-state index in [9.17, 15) is 17.9 Å². The zero-order valence-electron chi connectivity index (χ0n) is 11.8. The van der Waals surface area contributed by atoms with Crippen molar-refractivity contribution in [2.24, 2.45) is 5.92 Å². The van der Waals surface area contributed by atoms with Crippen molar-refractivity contribution in [1.82, 2.24) is 4.31 Å². The molecule has 1 aliphatic rings. The second kappa shape index (κ2) is 6.73. The quantitative estimate of drug-likeness (QED) is 0.874. The van der Waals surface area contributed by atoms with Crippen LogP contribution in [0.4, 0.5) is 4.39 Å². The van der Waals surface area contributed by atoms with Gasteiger partial charge in [-0.15, -0.1) is 0 Å². The van der Waals surface area contributed by atoms with E-state index in [0.29, 0.717) is 24.0 Å². The van der Waals surface area contributed by atoms with Gasteiger partial charge < -0.3 is 5.11 Å². The van der Waals surface area contributed by atoms with Gasteiger partial charge in [0.05, 0.1) is 16.8 Å². The van der Waals surface area contributed by atoms with Gasteiger partial charge in [-0.25, -0.2) is 17.1 Å². The van der Waals surface area contributed by atoms with E-state index in [1.54, 1.807) is 18.2 Å². The Morgan fingerprint density at radius 1 is 1.52 bits per heavy atom. The second-order valence-corrected chi connectivity index (χ2v) is 8.36. The number of aliphatic hydroxyl groups is 1. The lowest BCUT2D eigenvalue weighted by Crippen LogP contribution is -2.39. The molecule has 0 spiro atoms. The van der Waals surface area contributed by atoms with Crippen molar-refractivity contribution in [3.05, 3.63) is 34.1 Å². The third-order valence-corrected chi connectivity index (χ3v) is 5.73. The van der Waals surface area contributed by atoms with Gasteiger partial charge in [0.15, 0.2) is 0 Å². The minimum absolute atomic E-state index is 0.0434. The number of hydrogen-bond donors (Lipinski definition) is 1. The smallest absolute Gasteiger partial charge is 0.211 e. The molecule has 21 heavy (non-hydrogen) atoms. The molecule has 1 aliphatic heterocycles. The summed E-state index contributed by atoms with van der Waals surface area (Å²) >= 11 is 3.10. The van der Waals surface area contributed by atoms with Gasteiger partial charge in [0.25, 0.3) is 0 Å². The van der Waals surface area contributed by atoms with E-state index >= 15 is 0 Å². The normalized spacial score (nSPS) is 22.2. The summed E-state index contributed by atoms with van der Waals surface area (Å²) in [7, 11) is -3.20. The van der Waals surface area contributed by atoms with Crippen molar-refractivity contribution in [3.63, 3.8) is 0 Å². The van der Waals surface area contributed by atoms with E-state index in [-0.39, 0.29) is 11.5 Å². The third-order valence-electron chi connectivity index (χ3n) is 3.85. The molecule has 0 saturated carbocycles. The minimum atomic E-state index is -3.20. The molecule has 0 amide bonds. The van der Waals surface area contributed by atoms with Gasteiger partial charge in [0, 0.05) is 18.7 Å². The molecule has 2 rings (SSSR count). The van der Waals surface area contributed by atoms with Crippen molar-refractivity contribution < 1.29 is 17.9 Å². The summed E-state index contributed by atoms with van der Waals surface area (Å²) < 4.78 is 38.9. The van der Waals surface area contributed by atoms with Crippen LogP contribution in [-0.4, -0.2) is 37.2 Å². The lowest BCUT2D eigenvalue weighted by molar-refractivity contribution is 0.119. The summed E-state index contributed by atoms with van der Waals surface area (Å²) in [6, 6.07) is 4.81. The topological polar surface area (TPSA) is 57.6 Å². The van der Waals surface area contributed by atoms with Gasteiger partial charge in [-0.2, -0.15) is 0 Å². The largest absolute Gasteiger partial charge is 0.388 e. The molecule has 118 valence electrons. The Hall–Kier alpha value is -0.500. The van der Waals surface area contributed by atoms with Gasteiger partial charge >= 0.3 is 0 Å². The Morgan fingerprint density at radius 3 is 2.90 bits per heavy atom. The fourth-order valence-electron chi connectivity index (χ4n) is 2.74. The Kier molecular flexibility index (Phi) is 5.40. The number of halogens is 2. The third kappa shape index (κ3) is 4.25. The van der Waals surface area contributed by atoms with E-state index < -0.39 is 21.9 Å². The van der Waals surface area contributed by atoms with Gasteiger partial charge in [0.1, 0.15) is 5.82 Å². The maximum atomic E-state index is 14.0. The lowest BCUT2D eigenvalue weighted by Gasteiger charge is -2.32. The van der Waals surface area contributed by atoms with Crippen LogP contribution in [0, 0.1) is 11.7 Å². The number of hydrogen-bond acceptors (Lipinski definition) is 3. The van der Waals surface area contributed by atoms with Crippen LogP contribution >= 0.6 is 15.9 Å². The molecule has 0 bridgehead atoms. The van der Waals surface area contributed by atoms with Crippen molar-refractivity contribution in [1.29, 1.82) is 0 Å². The maximum absolute atomic E-state index is 14.0. The Morgan fingerprint density at radius 2 is 2.24 bits per heavy atom. The Bertz CT molecular complexity index is 608. The number of aliphatic hydroxyl groups excluding tert-OH is 1. The zero-order chi connectivity index (χ0) is 15.6. The van der Waals surface area contributed by atoms with Crippen LogP contribution in [0.5, 0.6) is 0 Å². The van der Waals surface area contributed by atoms with Crippen LogP contribution in [0.25, 0.3) is 0 Å². The van der Waals surface area contributed by atoms with Crippen LogP contribution in [0.15, 0.2) is 22.7 Å². The number of benzene rings is 1. The first kappa shape index (κ1) is 16.9. The molecule has 0 radical (unpaired) electrons. The summed E-state index contributed by atoms with van der Waals surface area (Å²) in [4.78, 5) is 0. The number of piperidine rings is 1. The molecule has 0 aliphatic carbocycles. The highest BCUT2D eigenvalue weighted by atomic mass is 79.9. The average molecular weight is 380 g/mol. The fraction of sp³-hybridized carbons (Fsp3) is 0.571. The van der Waals surface area contributed by atoms with E-state index in [1.807, 2.05) is 0 Å². The van der Waals surface area contributed by atoms with Crippen molar-refractivity contribution in [2.45, 2.75) is 25.4 Å². The standard InChI is InChI=1S/C14H19BrFNO3S/c1-21(19,20)17-7-3-4-10(9-17)8-13(18)11-5-2-6-12(15)14(11)16/h2,5-6,10,13,18H,3-4,7-9H2,1H3. The summed E-state index contributed by atoms with van der Waals surface area (Å²) in [6.07, 6.45) is 2.25. The lowest BCUT2D eigenvalue weighted by atomic mass is 9.91. The molecular formula is C14H19BrFNO3S. The summed E-state index contributed by atoms with van der Waals surface area (Å²) in [5.74, 6) is -0.414. The molecule has 1 aromatic rings. The first-order valence-electron chi connectivity index (χ1n) is 6.86. The van der Waals surface area contributed by atoms with Gasteiger partial charge in [-0.1, -0.05) is 12.1 Å². The monoisotopic (exact) mass is 379 g/mol. The molecule has 1 aromatic carbocycles. The van der Waals surface area contributed by atoms with Gasteiger partial charge in [0.2, 0.25) is 10.0 Å².